The topological polar surface area (TPSA) is 70.8 Å². The van der Waals surface area contributed by atoms with E-state index in [-0.39, 0.29) is 6.04 Å². The van der Waals surface area contributed by atoms with Gasteiger partial charge in [-0.15, -0.1) is 0 Å². The molecule has 1 aliphatic carbocycles. The molecule has 15 aromatic rings. The minimum atomic E-state index is -0.827. The molecule has 0 saturated carbocycles. The van der Waals surface area contributed by atoms with Gasteiger partial charge in [-0.05, 0) is 134 Å². The van der Waals surface area contributed by atoms with Crippen LogP contribution in [-0.2, 0) is 5.41 Å². The van der Waals surface area contributed by atoms with E-state index in [9.17, 15) is 0 Å². The number of hydrogen-bond donors (Lipinski definition) is 2. The van der Waals surface area contributed by atoms with E-state index in [1.165, 1.54) is 33.4 Å². The Labute approximate surface area is 506 Å². The number of nitrogens with two attached hydrogens (primary N) is 1. The summed E-state index contributed by atoms with van der Waals surface area (Å²) in [4.78, 5) is 4.88. The first-order valence-corrected chi connectivity index (χ1v) is 30.8. The van der Waals surface area contributed by atoms with Crippen LogP contribution in [0.5, 0.6) is 0 Å². The number of para-hydroxylation sites is 4. The average Bonchev–Trinajstić information content (AvgIpc) is 1.63. The molecular weight excluding hydrogens is 1060 g/mol. The van der Waals surface area contributed by atoms with Crippen LogP contribution in [0.25, 0.3) is 87.3 Å². The highest BCUT2D eigenvalue weighted by molar-refractivity contribution is 6.26. The molecule has 0 radical (unpaired) electrons. The smallest absolute Gasteiger partial charge is 0.160 e. The maximum Gasteiger partial charge on any atom is 0.160 e. The van der Waals surface area contributed by atoms with Crippen LogP contribution in [0.4, 0.5) is 39.8 Å². The van der Waals surface area contributed by atoms with E-state index in [1.807, 2.05) is 0 Å². The molecule has 0 saturated heterocycles. The van der Waals surface area contributed by atoms with Gasteiger partial charge in [-0.2, -0.15) is 0 Å². The summed E-state index contributed by atoms with van der Waals surface area (Å²) in [6.07, 6.45) is 3.99. The van der Waals surface area contributed by atoms with Crippen LogP contribution in [0.2, 0.25) is 0 Å². The van der Waals surface area contributed by atoms with Gasteiger partial charge in [0, 0.05) is 62.1 Å². The third-order valence-electron chi connectivity index (χ3n) is 18.3. The lowest BCUT2D eigenvalue weighted by molar-refractivity contribution is 0.613. The fourth-order valence-electron chi connectivity index (χ4n) is 14.5. The van der Waals surface area contributed by atoms with Crippen LogP contribution in [-0.4, -0.2) is 6.54 Å². The molecule has 0 amide bonds. The fourth-order valence-corrected chi connectivity index (χ4v) is 14.5. The highest BCUT2D eigenvalue weighted by Gasteiger charge is 2.48. The number of furan rings is 2. The van der Waals surface area contributed by atoms with Crippen molar-refractivity contribution in [2.24, 2.45) is 5.73 Å². The second-order valence-corrected chi connectivity index (χ2v) is 23.3. The number of hydrogen-bond acceptors (Lipinski definition) is 6. The minimum absolute atomic E-state index is 0.171. The fraction of sp³-hybridized carbons (Fsp3) is 0.111. The number of nitrogens with zero attached hydrogens (tertiary/aromatic N) is 2. The van der Waals surface area contributed by atoms with Crippen molar-refractivity contribution in [1.29, 1.82) is 0 Å². The molecule has 13 aromatic carbocycles. The summed E-state index contributed by atoms with van der Waals surface area (Å²) in [5, 5.41) is 14.9. The molecule has 2 heterocycles. The molecule has 1 unspecified atom stereocenters. The Morgan fingerprint density at radius 1 is 0.414 bits per heavy atom. The monoisotopic (exact) mass is 1120 g/mol. The van der Waals surface area contributed by atoms with Crippen LogP contribution < -0.4 is 20.9 Å². The van der Waals surface area contributed by atoms with Crippen LogP contribution in [0, 0.1) is 0 Å². The summed E-state index contributed by atoms with van der Waals surface area (Å²) in [5.74, 6) is 0. The van der Waals surface area contributed by atoms with E-state index in [2.05, 4.69) is 296 Å². The molecular formula is C81H64N4O2. The Kier molecular flexibility index (Phi) is 12.8. The first-order chi connectivity index (χ1) is 43.0. The normalized spacial score (nSPS) is 13.0. The molecule has 420 valence electrons. The van der Waals surface area contributed by atoms with Gasteiger partial charge in [-0.1, -0.05) is 233 Å². The van der Waals surface area contributed by atoms with E-state index in [4.69, 9.17) is 14.6 Å². The van der Waals surface area contributed by atoms with Crippen LogP contribution in [0.3, 0.4) is 0 Å². The van der Waals surface area contributed by atoms with Crippen molar-refractivity contribution >= 4 is 116 Å². The molecule has 87 heavy (non-hydrogen) atoms. The lowest BCUT2D eigenvalue weighted by Gasteiger charge is -2.36. The molecule has 0 aliphatic heterocycles. The first kappa shape index (κ1) is 52.2. The molecule has 1 aliphatic rings. The van der Waals surface area contributed by atoms with Gasteiger partial charge in [0.15, 0.2) is 16.7 Å². The third-order valence-corrected chi connectivity index (χ3v) is 18.3. The number of rotatable bonds is 15. The van der Waals surface area contributed by atoms with E-state index in [0.29, 0.717) is 0 Å². The van der Waals surface area contributed by atoms with Crippen LogP contribution in [0.1, 0.15) is 73.4 Å². The van der Waals surface area contributed by atoms with Crippen LogP contribution >= 0.6 is 0 Å². The lowest BCUT2D eigenvalue weighted by Crippen LogP contribution is -2.29. The van der Waals surface area contributed by atoms with E-state index in [1.54, 1.807) is 0 Å². The summed E-state index contributed by atoms with van der Waals surface area (Å²) in [5.41, 5.74) is 24.7. The molecule has 0 fully saturated rings. The molecule has 2 aromatic heterocycles. The molecule has 0 spiro atoms. The number of nitrogens with one attached hydrogen (secondary N) is 1. The van der Waals surface area contributed by atoms with Crippen molar-refractivity contribution in [2.75, 3.05) is 21.7 Å². The Hall–Kier alpha value is -10.4. The van der Waals surface area contributed by atoms with Crippen molar-refractivity contribution in [3.05, 3.63) is 295 Å². The van der Waals surface area contributed by atoms with Crippen molar-refractivity contribution in [3.63, 3.8) is 0 Å². The zero-order chi connectivity index (χ0) is 58.2. The van der Waals surface area contributed by atoms with Crippen molar-refractivity contribution in [3.8, 4) is 11.1 Å². The van der Waals surface area contributed by atoms with E-state index in [0.717, 1.165) is 154 Å². The highest BCUT2D eigenvalue weighted by Crippen LogP contribution is 2.62. The molecule has 3 N–H and O–H groups in total. The number of unbranched alkanes of at least 4 members (excludes halogenated alkanes) is 1. The van der Waals surface area contributed by atoms with E-state index < -0.39 is 5.41 Å². The second-order valence-electron chi connectivity index (χ2n) is 23.3. The van der Waals surface area contributed by atoms with Gasteiger partial charge in [-0.3, -0.25) is 0 Å². The van der Waals surface area contributed by atoms with Crippen LogP contribution in [0.15, 0.2) is 276 Å². The Balaban J connectivity index is 0.996. The largest absolute Gasteiger partial charge is 0.453 e. The summed E-state index contributed by atoms with van der Waals surface area (Å²) in [6.45, 7) is 5.29. The Morgan fingerprint density at radius 2 is 0.931 bits per heavy atom. The number of fused-ring (bicyclic) bond motifs is 15. The summed E-state index contributed by atoms with van der Waals surface area (Å²) in [6, 6.07) is 97.7. The van der Waals surface area contributed by atoms with Gasteiger partial charge < -0.3 is 29.7 Å². The zero-order valence-electron chi connectivity index (χ0n) is 48.8. The van der Waals surface area contributed by atoms with Gasteiger partial charge in [0.25, 0.3) is 0 Å². The van der Waals surface area contributed by atoms with Crippen molar-refractivity contribution in [1.82, 2.24) is 0 Å². The van der Waals surface area contributed by atoms with Gasteiger partial charge in [0.05, 0.1) is 28.2 Å². The SMILES string of the molecule is CCCCNc1cccc2c1oc1c(N(c3ccccc3)c3ccc4c(c3)C(c3ccccc3)(c3ccccc3)c3cc(N(c5ccccc5)c5cc6ccccc6c6c5oc5c(C(N)CCC)cccc56)c5ccccc5c3-4)cc3ccccc3c12. The Morgan fingerprint density at radius 3 is 1.55 bits per heavy atom. The quantitative estimate of drug-likeness (QED) is 0.0997. The molecule has 6 heteroatoms. The Bertz CT molecular complexity index is 5070. The second kappa shape index (κ2) is 21.3. The molecule has 0 bridgehead atoms. The molecule has 16 rings (SSSR count). The zero-order valence-corrected chi connectivity index (χ0v) is 48.8. The highest BCUT2D eigenvalue weighted by atomic mass is 16.3. The minimum Gasteiger partial charge on any atom is -0.453 e. The molecule has 6 nitrogen and oxygen atoms in total. The standard InChI is InChI=1S/C81H64N4O2/c1-3-5-47-83-70-44-25-43-66-76-60-38-21-18-27-52(60)48-72(79(76)87-78(66)70)84(56-33-14-8-15-34-56)58-45-46-63-67(50-58)81(54-29-10-6-11-30-54,55-31-12-7-13-32-55)68-51-71(61-39-22-23-40-62(61)74(63)68)85(57-35-16-9-17-36-57)73-49-53-28-19-20-37-59(53)75-65-42-24-41-64(69(82)26-4-2)77(65)86-80(73)75/h6-25,27-46,48-51,69,83H,3-5,26,47,82H2,1-2H3. The average molecular weight is 1130 g/mol. The first-order valence-electron chi connectivity index (χ1n) is 30.8. The van der Waals surface area contributed by atoms with Crippen molar-refractivity contribution in [2.45, 2.75) is 51.0 Å². The maximum atomic E-state index is 7.41. The third kappa shape index (κ3) is 8.19. The van der Waals surface area contributed by atoms with E-state index >= 15 is 0 Å². The van der Waals surface area contributed by atoms with Gasteiger partial charge in [0.1, 0.15) is 5.58 Å². The summed E-state index contributed by atoms with van der Waals surface area (Å²) < 4.78 is 14.7. The number of anilines is 7. The van der Waals surface area contributed by atoms with Gasteiger partial charge >= 0.3 is 0 Å². The predicted octanol–water partition coefficient (Wildman–Crippen LogP) is 22.3. The maximum absolute atomic E-state index is 7.41. The number of benzene rings is 13. The van der Waals surface area contributed by atoms with Gasteiger partial charge in [-0.25, -0.2) is 0 Å². The molecule has 1 atom stereocenters. The van der Waals surface area contributed by atoms with Gasteiger partial charge in [0.2, 0.25) is 0 Å². The van der Waals surface area contributed by atoms with Crippen molar-refractivity contribution < 1.29 is 8.83 Å². The predicted molar refractivity (Wildman–Crippen MR) is 365 cm³/mol. The summed E-state index contributed by atoms with van der Waals surface area (Å²) >= 11 is 0. The summed E-state index contributed by atoms with van der Waals surface area (Å²) in [7, 11) is 0. The lowest BCUT2D eigenvalue weighted by atomic mass is 9.67.